The van der Waals surface area contributed by atoms with Gasteiger partial charge in [0.1, 0.15) is 11.9 Å². The summed E-state index contributed by atoms with van der Waals surface area (Å²) >= 11 is 3.55. The number of imidazole rings is 1. The van der Waals surface area contributed by atoms with Crippen molar-refractivity contribution in [1.82, 2.24) is 14.9 Å². The number of fused-ring (bicyclic) bond motifs is 1. The standard InChI is InChI=1S/C16H20BrN3O/c1-3-19-13-8-16(14-9-18-10-20(14)4-2)21-15-6-5-11(17)7-12(13)15/h5-7,9-10,13,16,19H,3-4,8H2,1-2H3. The molecule has 0 spiro atoms. The summed E-state index contributed by atoms with van der Waals surface area (Å²) in [7, 11) is 0. The van der Waals surface area contributed by atoms with E-state index in [-0.39, 0.29) is 6.10 Å². The molecule has 0 amide bonds. The molecule has 0 bridgehead atoms. The van der Waals surface area contributed by atoms with E-state index in [1.165, 1.54) is 5.56 Å². The van der Waals surface area contributed by atoms with Crippen molar-refractivity contribution >= 4 is 15.9 Å². The van der Waals surface area contributed by atoms with Gasteiger partial charge in [0.05, 0.1) is 18.2 Å². The molecule has 2 unspecified atom stereocenters. The average molecular weight is 350 g/mol. The van der Waals surface area contributed by atoms with E-state index in [2.05, 4.69) is 50.7 Å². The van der Waals surface area contributed by atoms with Crippen LogP contribution in [0.3, 0.4) is 0 Å². The fraction of sp³-hybridized carbons (Fsp3) is 0.438. The summed E-state index contributed by atoms with van der Waals surface area (Å²) in [5.74, 6) is 0.962. The van der Waals surface area contributed by atoms with E-state index in [0.29, 0.717) is 6.04 Å². The molecular formula is C16H20BrN3O. The SMILES string of the molecule is CCNC1CC(c2cncn2CC)Oc2ccc(Br)cc21. The Hall–Kier alpha value is -1.33. The van der Waals surface area contributed by atoms with Crippen LogP contribution in [0.15, 0.2) is 35.2 Å². The number of nitrogens with zero attached hydrogens (tertiary/aromatic N) is 2. The van der Waals surface area contributed by atoms with Gasteiger partial charge in [0.25, 0.3) is 0 Å². The van der Waals surface area contributed by atoms with Crippen LogP contribution in [0.25, 0.3) is 0 Å². The molecule has 2 atom stereocenters. The predicted octanol–water partition coefficient (Wildman–Crippen LogP) is 3.84. The van der Waals surface area contributed by atoms with Crippen molar-refractivity contribution in [2.45, 2.75) is 39.0 Å². The number of rotatable bonds is 4. The van der Waals surface area contributed by atoms with Crippen LogP contribution in [-0.2, 0) is 6.54 Å². The zero-order valence-electron chi connectivity index (χ0n) is 12.3. The van der Waals surface area contributed by atoms with E-state index in [4.69, 9.17) is 4.74 Å². The van der Waals surface area contributed by atoms with Crippen molar-refractivity contribution in [3.8, 4) is 5.75 Å². The minimum absolute atomic E-state index is 0.0465. The molecule has 112 valence electrons. The summed E-state index contributed by atoms with van der Waals surface area (Å²) in [4.78, 5) is 4.26. The lowest BCUT2D eigenvalue weighted by Crippen LogP contribution is -2.29. The molecule has 4 nitrogen and oxygen atoms in total. The predicted molar refractivity (Wildman–Crippen MR) is 86.4 cm³/mol. The first-order valence-corrected chi connectivity index (χ1v) is 8.21. The third-order valence-corrected chi connectivity index (χ3v) is 4.43. The van der Waals surface area contributed by atoms with Crippen LogP contribution in [0.1, 0.15) is 43.7 Å². The summed E-state index contributed by atoms with van der Waals surface area (Å²) in [5, 5.41) is 3.57. The van der Waals surface area contributed by atoms with Crippen LogP contribution in [0.5, 0.6) is 5.75 Å². The number of nitrogens with one attached hydrogen (secondary N) is 1. The number of ether oxygens (including phenoxy) is 1. The highest BCUT2D eigenvalue weighted by Gasteiger charge is 2.30. The second kappa shape index (κ2) is 6.20. The van der Waals surface area contributed by atoms with Crippen LogP contribution in [0, 0.1) is 0 Å². The first-order valence-electron chi connectivity index (χ1n) is 7.42. The minimum atomic E-state index is 0.0465. The van der Waals surface area contributed by atoms with Gasteiger partial charge < -0.3 is 14.6 Å². The molecule has 0 radical (unpaired) electrons. The first kappa shape index (κ1) is 14.6. The molecule has 21 heavy (non-hydrogen) atoms. The minimum Gasteiger partial charge on any atom is -0.484 e. The summed E-state index contributed by atoms with van der Waals surface area (Å²) in [6.45, 7) is 6.11. The average Bonchev–Trinajstić information content (AvgIpc) is 2.96. The van der Waals surface area contributed by atoms with Crippen molar-refractivity contribution in [3.63, 3.8) is 0 Å². The van der Waals surface area contributed by atoms with Crippen molar-refractivity contribution < 1.29 is 4.74 Å². The van der Waals surface area contributed by atoms with Crippen LogP contribution >= 0.6 is 15.9 Å². The summed E-state index contributed by atoms with van der Waals surface area (Å²) in [6.07, 6.45) is 4.76. The Morgan fingerprint density at radius 3 is 3.05 bits per heavy atom. The maximum Gasteiger partial charge on any atom is 0.142 e. The Bertz CT molecular complexity index is 626. The lowest BCUT2D eigenvalue weighted by molar-refractivity contribution is 0.144. The summed E-state index contributed by atoms with van der Waals surface area (Å²) < 4.78 is 9.47. The van der Waals surface area contributed by atoms with Crippen molar-refractivity contribution in [2.75, 3.05) is 6.54 Å². The van der Waals surface area contributed by atoms with Gasteiger partial charge in [-0.15, -0.1) is 0 Å². The maximum absolute atomic E-state index is 6.23. The van der Waals surface area contributed by atoms with Gasteiger partial charge in [-0.25, -0.2) is 4.98 Å². The molecule has 1 N–H and O–H groups in total. The number of hydrogen-bond acceptors (Lipinski definition) is 3. The Morgan fingerprint density at radius 1 is 1.43 bits per heavy atom. The highest BCUT2D eigenvalue weighted by molar-refractivity contribution is 9.10. The normalized spacial score (nSPS) is 20.9. The number of halogens is 1. The number of hydrogen-bond donors (Lipinski definition) is 1. The topological polar surface area (TPSA) is 39.1 Å². The molecule has 3 rings (SSSR count). The summed E-state index contributed by atoms with van der Waals surface area (Å²) in [5.41, 5.74) is 2.37. The van der Waals surface area contributed by atoms with Gasteiger partial charge in [0.15, 0.2) is 0 Å². The van der Waals surface area contributed by atoms with Gasteiger partial charge in [-0.05, 0) is 31.7 Å². The van der Waals surface area contributed by atoms with Crippen molar-refractivity contribution in [3.05, 3.63) is 46.5 Å². The van der Waals surface area contributed by atoms with Crippen LogP contribution in [-0.4, -0.2) is 16.1 Å². The van der Waals surface area contributed by atoms with Crippen LogP contribution in [0.2, 0.25) is 0 Å². The van der Waals surface area contributed by atoms with E-state index in [1.54, 1.807) is 0 Å². The number of benzene rings is 1. The van der Waals surface area contributed by atoms with E-state index in [9.17, 15) is 0 Å². The molecule has 2 heterocycles. The fourth-order valence-electron chi connectivity index (χ4n) is 2.93. The fourth-order valence-corrected chi connectivity index (χ4v) is 3.30. The maximum atomic E-state index is 6.23. The molecular weight excluding hydrogens is 330 g/mol. The zero-order valence-corrected chi connectivity index (χ0v) is 13.9. The van der Waals surface area contributed by atoms with Crippen LogP contribution < -0.4 is 10.1 Å². The van der Waals surface area contributed by atoms with E-state index in [1.807, 2.05) is 24.7 Å². The molecule has 5 heteroatoms. The highest BCUT2D eigenvalue weighted by Crippen LogP contribution is 2.41. The third-order valence-electron chi connectivity index (χ3n) is 3.93. The van der Waals surface area contributed by atoms with Gasteiger partial charge in [-0.2, -0.15) is 0 Å². The quantitative estimate of drug-likeness (QED) is 0.911. The monoisotopic (exact) mass is 349 g/mol. The second-order valence-corrected chi connectivity index (χ2v) is 6.15. The molecule has 1 aliphatic rings. The van der Waals surface area contributed by atoms with Gasteiger partial charge in [0, 0.05) is 29.0 Å². The van der Waals surface area contributed by atoms with Gasteiger partial charge in [0.2, 0.25) is 0 Å². The van der Waals surface area contributed by atoms with E-state index in [0.717, 1.165) is 35.4 Å². The molecule has 0 saturated carbocycles. The Morgan fingerprint density at radius 2 is 2.29 bits per heavy atom. The highest BCUT2D eigenvalue weighted by atomic mass is 79.9. The van der Waals surface area contributed by atoms with Crippen molar-refractivity contribution in [1.29, 1.82) is 0 Å². The second-order valence-electron chi connectivity index (χ2n) is 5.24. The molecule has 0 saturated heterocycles. The molecule has 2 aromatic rings. The molecule has 0 aliphatic carbocycles. The summed E-state index contributed by atoms with van der Waals surface area (Å²) in [6, 6.07) is 6.53. The van der Waals surface area contributed by atoms with Gasteiger partial charge >= 0.3 is 0 Å². The van der Waals surface area contributed by atoms with Gasteiger partial charge in [-0.3, -0.25) is 0 Å². The van der Waals surface area contributed by atoms with E-state index < -0.39 is 0 Å². The van der Waals surface area contributed by atoms with Gasteiger partial charge in [-0.1, -0.05) is 22.9 Å². The molecule has 1 aromatic carbocycles. The first-order chi connectivity index (χ1) is 10.2. The lowest BCUT2D eigenvalue weighted by Gasteiger charge is -2.33. The Kier molecular flexibility index (Phi) is 4.31. The molecule has 0 fully saturated rings. The van der Waals surface area contributed by atoms with Crippen molar-refractivity contribution in [2.24, 2.45) is 0 Å². The van der Waals surface area contributed by atoms with E-state index >= 15 is 0 Å². The molecule has 1 aliphatic heterocycles. The largest absolute Gasteiger partial charge is 0.484 e. The lowest BCUT2D eigenvalue weighted by atomic mass is 9.95. The Balaban J connectivity index is 1.95. The van der Waals surface area contributed by atoms with Crippen LogP contribution in [0.4, 0.5) is 0 Å². The number of aromatic nitrogens is 2. The molecule has 1 aromatic heterocycles. The Labute approximate surface area is 133 Å². The number of aryl methyl sites for hydroxylation is 1. The smallest absolute Gasteiger partial charge is 0.142 e. The zero-order chi connectivity index (χ0) is 14.8. The third kappa shape index (κ3) is 2.85.